The van der Waals surface area contributed by atoms with Crippen molar-refractivity contribution >= 4 is 26.2 Å². The van der Waals surface area contributed by atoms with Crippen molar-refractivity contribution in [3.8, 4) is 0 Å². The Balaban J connectivity index is 0.000000346. The molecule has 0 heterocycles. The lowest BCUT2D eigenvalue weighted by molar-refractivity contribution is -0.200. The van der Waals surface area contributed by atoms with E-state index in [0.717, 1.165) is 6.29 Å². The van der Waals surface area contributed by atoms with Crippen LogP contribution in [0.4, 0.5) is 13.2 Å². The van der Waals surface area contributed by atoms with Crippen LogP contribution in [0.5, 0.6) is 0 Å². The number of carbonyl (C=O) groups excluding carboxylic acids is 3. The van der Waals surface area contributed by atoms with Gasteiger partial charge in [-0.25, -0.2) is 0 Å². The van der Waals surface area contributed by atoms with Gasteiger partial charge in [0.25, 0.3) is 0 Å². The number of rotatable bonds is 6. The summed E-state index contributed by atoms with van der Waals surface area (Å²) in [6.07, 6.45) is -5.74. The molecule has 0 saturated carbocycles. The molecule has 1 unspecified atom stereocenters. The molecule has 0 aromatic heterocycles. The third-order valence-corrected chi connectivity index (χ3v) is 4.74. The maximum absolute atomic E-state index is 13.1. The molecule has 2 aromatic carbocycles. The number of alkyl halides is 3. The van der Waals surface area contributed by atoms with Gasteiger partial charge in [0.1, 0.15) is 6.29 Å². The van der Waals surface area contributed by atoms with E-state index >= 15 is 0 Å². The van der Waals surface area contributed by atoms with E-state index in [1.807, 2.05) is 0 Å². The second kappa shape index (κ2) is 10.4. The third-order valence-electron chi connectivity index (χ3n) is 3.79. The number of benzene rings is 2. The van der Waals surface area contributed by atoms with Gasteiger partial charge in [0.15, 0.2) is 26.0 Å². The molecule has 0 amide bonds. The summed E-state index contributed by atoms with van der Waals surface area (Å²) in [5.74, 6) is -0.288. The highest BCUT2D eigenvalue weighted by Crippen LogP contribution is 2.38. The summed E-state index contributed by atoms with van der Waals surface area (Å²) >= 11 is 0. The summed E-state index contributed by atoms with van der Waals surface area (Å²) in [6.45, 7) is 7.88. The van der Waals surface area contributed by atoms with Gasteiger partial charge in [-0.05, 0) is 51.2 Å². The van der Waals surface area contributed by atoms with Crippen LogP contribution in [0.2, 0.25) is 19.6 Å². The Hall–Kier alpha value is -2.58. The maximum atomic E-state index is 13.1. The normalized spacial score (nSPS) is 12.4. The van der Waals surface area contributed by atoms with E-state index in [2.05, 4.69) is 0 Å². The molecule has 162 valence electrons. The number of ketones is 2. The smallest absolute Gasteiger partial charge is 0.403 e. The molecular formula is C22H25F3O4Si. The SMILES string of the molecule is CC(=O)c1cccc(C(O[Si](C)(C)C)C(F)(F)F)c1.CC(=O)c1cccc(C=O)c1. The van der Waals surface area contributed by atoms with Crippen LogP contribution in [-0.2, 0) is 4.43 Å². The predicted octanol–water partition coefficient (Wildman–Crippen LogP) is 6.05. The van der Waals surface area contributed by atoms with Crippen LogP contribution in [0.1, 0.15) is 56.6 Å². The molecular weight excluding hydrogens is 413 g/mol. The molecule has 2 rings (SSSR count). The average Bonchev–Trinajstić information content (AvgIpc) is 2.65. The van der Waals surface area contributed by atoms with E-state index in [-0.39, 0.29) is 22.7 Å². The lowest BCUT2D eigenvalue weighted by atomic mass is 10.0. The zero-order valence-corrected chi connectivity index (χ0v) is 18.5. The van der Waals surface area contributed by atoms with Gasteiger partial charge < -0.3 is 4.43 Å². The highest BCUT2D eigenvalue weighted by atomic mass is 28.4. The van der Waals surface area contributed by atoms with E-state index in [0.29, 0.717) is 11.1 Å². The minimum absolute atomic E-state index is 0.0197. The fourth-order valence-corrected chi connectivity index (χ4v) is 3.41. The minimum Gasteiger partial charge on any atom is -0.403 e. The van der Waals surface area contributed by atoms with Crippen molar-refractivity contribution in [3.05, 3.63) is 70.8 Å². The number of Topliss-reactive ketones (excluding diaryl/α,β-unsaturated/α-hetero) is 2. The van der Waals surface area contributed by atoms with Crippen LogP contribution in [0.15, 0.2) is 48.5 Å². The Labute approximate surface area is 175 Å². The summed E-state index contributed by atoms with van der Waals surface area (Å²) < 4.78 is 44.5. The number of hydrogen-bond acceptors (Lipinski definition) is 4. The van der Waals surface area contributed by atoms with Crippen LogP contribution in [0.3, 0.4) is 0 Å². The van der Waals surface area contributed by atoms with Crippen LogP contribution >= 0.6 is 0 Å². The summed E-state index contributed by atoms with van der Waals surface area (Å²) in [4.78, 5) is 32.3. The standard InChI is InChI=1S/C13H17F3O2Si.C9H8O2/c1-9(17)10-6-5-7-11(8-10)12(13(14,15)16)18-19(2,3)4;1-7(11)9-4-2-3-8(5-9)6-10/h5-8,12H,1-4H3;2-6H,1H3. The first kappa shape index (κ1) is 25.5. The molecule has 0 aliphatic carbocycles. The molecule has 8 heteroatoms. The van der Waals surface area contributed by atoms with E-state index in [4.69, 9.17) is 4.43 Å². The number of hydrogen-bond donors (Lipinski definition) is 0. The molecule has 1 atom stereocenters. The van der Waals surface area contributed by atoms with Crippen LogP contribution in [0, 0.1) is 0 Å². The van der Waals surface area contributed by atoms with Crippen LogP contribution in [0.25, 0.3) is 0 Å². The molecule has 0 spiro atoms. The Bertz CT molecular complexity index is 902. The summed E-state index contributed by atoms with van der Waals surface area (Å²) in [5.41, 5.74) is 1.35. The van der Waals surface area contributed by atoms with Crippen molar-refractivity contribution in [2.45, 2.75) is 45.8 Å². The zero-order chi connectivity index (χ0) is 23.1. The molecule has 30 heavy (non-hydrogen) atoms. The monoisotopic (exact) mass is 438 g/mol. The second-order valence-corrected chi connectivity index (χ2v) is 12.1. The van der Waals surface area contributed by atoms with Crippen molar-refractivity contribution in [2.75, 3.05) is 0 Å². The van der Waals surface area contributed by atoms with E-state index in [1.165, 1.54) is 38.1 Å². The fourth-order valence-electron chi connectivity index (χ4n) is 2.43. The van der Waals surface area contributed by atoms with E-state index < -0.39 is 20.6 Å². The van der Waals surface area contributed by atoms with Crippen molar-refractivity contribution in [1.29, 1.82) is 0 Å². The largest absolute Gasteiger partial charge is 0.417 e. The molecule has 0 aliphatic heterocycles. The maximum Gasteiger partial charge on any atom is 0.417 e. The van der Waals surface area contributed by atoms with Gasteiger partial charge >= 0.3 is 6.18 Å². The van der Waals surface area contributed by atoms with Gasteiger partial charge in [-0.3, -0.25) is 14.4 Å². The second-order valence-electron chi connectivity index (χ2n) is 7.63. The van der Waals surface area contributed by atoms with Crippen LogP contribution in [-0.4, -0.2) is 32.3 Å². The molecule has 2 aromatic rings. The van der Waals surface area contributed by atoms with Crippen molar-refractivity contribution in [1.82, 2.24) is 0 Å². The lowest BCUT2D eigenvalue weighted by Crippen LogP contribution is -2.35. The molecule has 0 fully saturated rings. The quantitative estimate of drug-likeness (QED) is 0.313. The Morgan fingerprint density at radius 3 is 1.87 bits per heavy atom. The zero-order valence-electron chi connectivity index (χ0n) is 17.5. The van der Waals surface area contributed by atoms with Gasteiger partial charge in [0.05, 0.1) is 0 Å². The van der Waals surface area contributed by atoms with E-state index in [1.54, 1.807) is 43.9 Å². The molecule has 4 nitrogen and oxygen atoms in total. The van der Waals surface area contributed by atoms with Gasteiger partial charge in [-0.2, -0.15) is 13.2 Å². The Morgan fingerprint density at radius 1 is 0.933 bits per heavy atom. The first-order valence-corrected chi connectivity index (χ1v) is 12.6. The summed E-state index contributed by atoms with van der Waals surface area (Å²) in [5, 5.41) is 0. The Kier molecular flexibility index (Phi) is 8.86. The predicted molar refractivity (Wildman–Crippen MR) is 112 cm³/mol. The number of aldehydes is 1. The molecule has 0 aliphatic rings. The topological polar surface area (TPSA) is 60.4 Å². The van der Waals surface area contributed by atoms with Crippen LogP contribution < -0.4 is 0 Å². The lowest BCUT2D eigenvalue weighted by Gasteiger charge is -2.28. The molecule has 0 N–H and O–H groups in total. The highest BCUT2D eigenvalue weighted by Gasteiger charge is 2.44. The minimum atomic E-state index is -4.49. The van der Waals surface area contributed by atoms with Crippen molar-refractivity contribution in [3.63, 3.8) is 0 Å². The molecule has 0 radical (unpaired) electrons. The first-order chi connectivity index (χ1) is 13.7. The highest BCUT2D eigenvalue weighted by molar-refractivity contribution is 6.69. The van der Waals surface area contributed by atoms with Crippen molar-refractivity contribution < 1.29 is 32.0 Å². The van der Waals surface area contributed by atoms with Gasteiger partial charge in [0, 0.05) is 16.7 Å². The number of halogens is 3. The average molecular weight is 439 g/mol. The first-order valence-electron chi connectivity index (χ1n) is 9.16. The third kappa shape index (κ3) is 8.42. The van der Waals surface area contributed by atoms with Gasteiger partial charge in [0.2, 0.25) is 0 Å². The van der Waals surface area contributed by atoms with E-state index in [9.17, 15) is 27.6 Å². The number of carbonyl (C=O) groups is 3. The summed E-state index contributed by atoms with van der Waals surface area (Å²) in [7, 11) is -2.36. The van der Waals surface area contributed by atoms with Crippen molar-refractivity contribution in [2.24, 2.45) is 0 Å². The Morgan fingerprint density at radius 2 is 1.43 bits per heavy atom. The molecule has 0 saturated heterocycles. The summed E-state index contributed by atoms with van der Waals surface area (Å²) in [6, 6.07) is 12.2. The molecule has 0 bridgehead atoms. The fraction of sp³-hybridized carbons (Fsp3) is 0.318. The van der Waals surface area contributed by atoms with Gasteiger partial charge in [-0.15, -0.1) is 0 Å². The van der Waals surface area contributed by atoms with Gasteiger partial charge in [-0.1, -0.05) is 36.4 Å².